The minimum atomic E-state index is -0.355. The van der Waals surface area contributed by atoms with E-state index in [1.807, 2.05) is 12.2 Å². The molecule has 164 valence electrons. The Morgan fingerprint density at radius 2 is 2.20 bits per heavy atom. The third-order valence-electron chi connectivity index (χ3n) is 4.59. The molecule has 0 saturated carbocycles. The van der Waals surface area contributed by atoms with Gasteiger partial charge in [-0.25, -0.2) is 0 Å². The molecule has 1 fully saturated rings. The van der Waals surface area contributed by atoms with Crippen molar-refractivity contribution in [3.05, 3.63) is 47.5 Å². The first-order chi connectivity index (χ1) is 14.6. The highest BCUT2D eigenvalue weighted by molar-refractivity contribution is 5.92. The van der Waals surface area contributed by atoms with Gasteiger partial charge in [0, 0.05) is 57.3 Å². The second kappa shape index (κ2) is 13.3. The van der Waals surface area contributed by atoms with Crippen molar-refractivity contribution >= 4 is 18.1 Å². The van der Waals surface area contributed by atoms with Crippen LogP contribution in [-0.2, 0) is 0 Å². The van der Waals surface area contributed by atoms with E-state index < -0.39 is 0 Å². The van der Waals surface area contributed by atoms with Gasteiger partial charge in [-0.3, -0.25) is 14.7 Å². The second-order valence-electron chi connectivity index (χ2n) is 6.88. The van der Waals surface area contributed by atoms with E-state index in [0.717, 1.165) is 56.7 Å². The summed E-state index contributed by atoms with van der Waals surface area (Å²) in [5.74, 6) is -0.355. The number of rotatable bonds is 11. The van der Waals surface area contributed by atoms with E-state index in [0.29, 0.717) is 13.1 Å². The minimum absolute atomic E-state index is 0.0377. The Morgan fingerprint density at radius 3 is 2.87 bits per heavy atom. The molecule has 1 aliphatic rings. The third-order valence-corrected chi connectivity index (χ3v) is 4.59. The summed E-state index contributed by atoms with van der Waals surface area (Å²) in [5.41, 5.74) is 13.1. The third kappa shape index (κ3) is 8.22. The number of aliphatic imine (C=N–C) groups is 1. The highest BCUT2D eigenvalue weighted by Crippen LogP contribution is 2.10. The van der Waals surface area contributed by atoms with E-state index in [4.69, 9.17) is 15.9 Å². The number of allylic oxidation sites excluding steroid dienone is 4. The Balaban J connectivity index is 1.94. The number of hydrogen-bond acceptors (Lipinski definition) is 8. The van der Waals surface area contributed by atoms with Gasteiger partial charge in [-0.1, -0.05) is 31.6 Å². The minimum Gasteiger partial charge on any atom is -0.431 e. The molecule has 0 atom stereocenters. The van der Waals surface area contributed by atoms with Gasteiger partial charge >= 0.3 is 0 Å². The molecule has 2 rings (SSSR count). The highest BCUT2D eigenvalue weighted by atomic mass is 16.4. The number of nitrogen functional groups attached to an aromatic ring is 1. The molecule has 0 aliphatic carbocycles. The number of anilines is 1. The number of unbranched alkanes of at least 4 members (excludes halogenated alkanes) is 1. The Labute approximate surface area is 178 Å². The van der Waals surface area contributed by atoms with Gasteiger partial charge in [0.25, 0.3) is 11.9 Å². The number of carbonyl (C=O) groups excluding carboxylic acids is 1. The quantitative estimate of drug-likeness (QED) is 0.314. The molecule has 9 nitrogen and oxygen atoms in total. The Morgan fingerprint density at radius 1 is 1.40 bits per heavy atom. The maximum atomic E-state index is 12.1. The zero-order chi connectivity index (χ0) is 21.6. The average Bonchev–Trinajstić information content (AvgIpc) is 3.20. The molecule has 1 aliphatic heterocycles. The summed E-state index contributed by atoms with van der Waals surface area (Å²) in [5, 5.41) is 6.11. The predicted molar refractivity (Wildman–Crippen MR) is 120 cm³/mol. The van der Waals surface area contributed by atoms with E-state index in [-0.39, 0.29) is 17.6 Å². The molecule has 6 N–H and O–H groups in total. The summed E-state index contributed by atoms with van der Waals surface area (Å²) in [6.45, 7) is 8.23. The van der Waals surface area contributed by atoms with Gasteiger partial charge in [0.05, 0.1) is 6.54 Å². The van der Waals surface area contributed by atoms with Gasteiger partial charge < -0.3 is 26.5 Å². The van der Waals surface area contributed by atoms with Crippen molar-refractivity contribution in [2.75, 3.05) is 51.5 Å². The first-order valence-electron chi connectivity index (χ1n) is 10.3. The largest absolute Gasteiger partial charge is 0.431 e. The highest BCUT2D eigenvalue weighted by Gasteiger charge is 2.10. The Bertz CT molecular complexity index is 774. The number of nitrogens with one attached hydrogen (secondary N) is 2. The summed E-state index contributed by atoms with van der Waals surface area (Å²) in [7, 11) is 0. The van der Waals surface area contributed by atoms with E-state index in [9.17, 15) is 4.79 Å². The molecule has 9 heteroatoms. The van der Waals surface area contributed by atoms with Gasteiger partial charge in [0.15, 0.2) is 5.69 Å². The molecule has 2 heterocycles. The monoisotopic (exact) mass is 415 g/mol. The molecule has 1 aromatic rings. The lowest BCUT2D eigenvalue weighted by Crippen LogP contribution is -2.44. The van der Waals surface area contributed by atoms with Crippen LogP contribution in [0.1, 0.15) is 30.3 Å². The number of hydrogen-bond donors (Lipinski definition) is 4. The predicted octanol–water partition coefficient (Wildman–Crippen LogP) is 1.09. The van der Waals surface area contributed by atoms with Crippen LogP contribution in [0.5, 0.6) is 0 Å². The molecule has 1 saturated heterocycles. The van der Waals surface area contributed by atoms with Gasteiger partial charge in [0.1, 0.15) is 6.26 Å². The van der Waals surface area contributed by atoms with Gasteiger partial charge in [-0.15, -0.1) is 0 Å². The van der Waals surface area contributed by atoms with Crippen LogP contribution < -0.4 is 22.1 Å². The van der Waals surface area contributed by atoms with E-state index >= 15 is 0 Å². The maximum absolute atomic E-state index is 12.1. The smallest absolute Gasteiger partial charge is 0.292 e. The van der Waals surface area contributed by atoms with E-state index in [1.165, 1.54) is 12.5 Å². The number of amides is 1. The number of nitrogens with two attached hydrogens (primary N) is 2. The molecule has 0 spiro atoms. The lowest BCUT2D eigenvalue weighted by molar-refractivity contribution is 0.0953. The molecule has 0 unspecified atom stereocenters. The molecule has 1 amide bonds. The Kier molecular flexibility index (Phi) is 10.4. The molecule has 1 aromatic heterocycles. The lowest BCUT2D eigenvalue weighted by Gasteiger charge is -2.26. The average molecular weight is 416 g/mol. The van der Waals surface area contributed by atoms with Crippen LogP contribution >= 0.6 is 0 Å². The second-order valence-corrected chi connectivity index (χ2v) is 6.88. The van der Waals surface area contributed by atoms with Crippen molar-refractivity contribution in [2.24, 2.45) is 10.7 Å². The number of carbonyl (C=O) groups is 1. The van der Waals surface area contributed by atoms with E-state index in [2.05, 4.69) is 38.5 Å². The van der Waals surface area contributed by atoms with Crippen LogP contribution in [0.3, 0.4) is 0 Å². The van der Waals surface area contributed by atoms with Crippen molar-refractivity contribution in [3.63, 3.8) is 0 Å². The molecule has 0 radical (unpaired) electrons. The fourth-order valence-corrected chi connectivity index (χ4v) is 2.91. The molecule has 30 heavy (non-hydrogen) atoms. The van der Waals surface area contributed by atoms with Crippen LogP contribution in [0.15, 0.2) is 51.2 Å². The first kappa shape index (κ1) is 23.4. The van der Waals surface area contributed by atoms with Gasteiger partial charge in [-0.05, 0) is 12.0 Å². The lowest BCUT2D eigenvalue weighted by atomic mass is 10.1. The van der Waals surface area contributed by atoms with Gasteiger partial charge in [0.2, 0.25) is 0 Å². The fraction of sp³-hybridized carbons (Fsp3) is 0.476. The number of nitrogens with zero attached hydrogens (tertiary/aromatic N) is 3. The summed E-state index contributed by atoms with van der Waals surface area (Å²) < 4.78 is 4.86. The van der Waals surface area contributed by atoms with Crippen LogP contribution in [0.2, 0.25) is 0 Å². The standard InChI is InChI=1S/C21H33N7O2/c1-2-3-4-5-17(6-7-26-20(29)19-16-30-21(23)27-19)18(14-22)15-25-10-13-28-11-8-24-9-12-28/h4-6,14-16,24H,2-3,7-13,22H2,1H3,(H2,23,27)(H,26,29)/b5-4-,17-6+,18-14?,25-15?. The summed E-state index contributed by atoms with van der Waals surface area (Å²) in [6.07, 6.45) is 12.6. The van der Waals surface area contributed by atoms with Crippen LogP contribution in [0, 0.1) is 0 Å². The first-order valence-corrected chi connectivity index (χ1v) is 10.3. The van der Waals surface area contributed by atoms with Crippen LogP contribution in [0.4, 0.5) is 6.01 Å². The van der Waals surface area contributed by atoms with Crippen molar-refractivity contribution in [1.29, 1.82) is 0 Å². The Hall–Kier alpha value is -2.91. The number of oxazole rings is 1. The zero-order valence-corrected chi connectivity index (χ0v) is 17.6. The van der Waals surface area contributed by atoms with Crippen molar-refractivity contribution in [2.45, 2.75) is 19.8 Å². The molecular weight excluding hydrogens is 382 g/mol. The molecule has 0 aromatic carbocycles. The molecular formula is C21H33N7O2. The van der Waals surface area contributed by atoms with Gasteiger partial charge in [-0.2, -0.15) is 4.98 Å². The topological polar surface area (TPSA) is 135 Å². The zero-order valence-electron chi connectivity index (χ0n) is 17.6. The number of piperazine rings is 1. The maximum Gasteiger partial charge on any atom is 0.292 e. The summed E-state index contributed by atoms with van der Waals surface area (Å²) in [4.78, 5) is 22.8. The normalized spacial score (nSPS) is 16.6. The fourth-order valence-electron chi connectivity index (χ4n) is 2.91. The number of aromatic nitrogens is 1. The summed E-state index contributed by atoms with van der Waals surface area (Å²) in [6, 6.07) is -0.0377. The van der Waals surface area contributed by atoms with Crippen molar-refractivity contribution in [3.8, 4) is 0 Å². The summed E-state index contributed by atoms with van der Waals surface area (Å²) >= 11 is 0. The molecule has 0 bridgehead atoms. The SMILES string of the molecule is CCC/C=C\C(=C/CNC(=O)c1coc(N)n1)C(C=NCCN1CCNCC1)=CN. The van der Waals surface area contributed by atoms with Crippen LogP contribution in [0.25, 0.3) is 0 Å². The van der Waals surface area contributed by atoms with Crippen molar-refractivity contribution < 1.29 is 9.21 Å². The van der Waals surface area contributed by atoms with Crippen LogP contribution in [-0.4, -0.2) is 67.8 Å². The van der Waals surface area contributed by atoms with E-state index in [1.54, 1.807) is 6.21 Å². The van der Waals surface area contributed by atoms with Crippen molar-refractivity contribution in [1.82, 2.24) is 20.5 Å².